The van der Waals surface area contributed by atoms with Crippen LogP contribution in [0, 0.1) is 0 Å². The summed E-state index contributed by atoms with van der Waals surface area (Å²) in [7, 11) is -1.45. The Balaban J connectivity index is 4.25. The van der Waals surface area contributed by atoms with Crippen LogP contribution in [-0.2, 0) is 10.0 Å². The van der Waals surface area contributed by atoms with Gasteiger partial charge in [0.1, 0.15) is 0 Å². The van der Waals surface area contributed by atoms with E-state index in [4.69, 9.17) is 0 Å². The van der Waals surface area contributed by atoms with Crippen molar-refractivity contribution < 1.29 is 8.42 Å². The van der Waals surface area contributed by atoms with Crippen LogP contribution in [0.15, 0.2) is 0 Å². The minimum atomic E-state index is -3.11. The van der Waals surface area contributed by atoms with E-state index in [0.717, 1.165) is 19.4 Å². The fraction of sp³-hybridized carbons (Fsp3) is 1.00. The molecule has 0 aromatic carbocycles. The number of nitrogens with zero attached hydrogens (tertiary/aromatic N) is 1. The number of hydrogen-bond acceptors (Lipinski definition) is 3. The Kier molecular flexibility index (Phi) is 7.13. The minimum Gasteiger partial charge on any atom is -0.316 e. The van der Waals surface area contributed by atoms with E-state index >= 15 is 0 Å². The Morgan fingerprint density at radius 3 is 2.40 bits per heavy atom. The summed E-state index contributed by atoms with van der Waals surface area (Å²) < 4.78 is 25.3. The van der Waals surface area contributed by atoms with Gasteiger partial charge in [0, 0.05) is 20.1 Å². The second-order valence-electron chi connectivity index (χ2n) is 3.84. The van der Waals surface area contributed by atoms with E-state index in [9.17, 15) is 8.42 Å². The zero-order valence-corrected chi connectivity index (χ0v) is 11.1. The molecule has 0 spiro atoms. The van der Waals surface area contributed by atoms with E-state index in [-0.39, 0.29) is 5.25 Å². The third kappa shape index (κ3) is 4.95. The van der Waals surface area contributed by atoms with E-state index in [0.29, 0.717) is 13.1 Å². The van der Waals surface area contributed by atoms with Gasteiger partial charge in [-0.3, -0.25) is 0 Å². The summed E-state index contributed by atoms with van der Waals surface area (Å²) in [6.45, 7) is 7.73. The monoisotopic (exact) mass is 236 g/mol. The van der Waals surface area contributed by atoms with Crippen LogP contribution in [0.5, 0.6) is 0 Å². The summed E-state index contributed by atoms with van der Waals surface area (Å²) in [5.41, 5.74) is 0. The average molecular weight is 236 g/mol. The Hall–Kier alpha value is -0.130. The molecular weight excluding hydrogens is 212 g/mol. The first kappa shape index (κ1) is 14.9. The van der Waals surface area contributed by atoms with Crippen molar-refractivity contribution in [2.24, 2.45) is 0 Å². The standard InChI is InChI=1S/C10H24N2O2S/c1-5-7-8-12(4)15(13,14)10(3)9-11-6-2/h10-11H,5-9H2,1-4H3. The lowest BCUT2D eigenvalue weighted by molar-refractivity contribution is 0.448. The molecule has 4 nitrogen and oxygen atoms in total. The van der Waals surface area contributed by atoms with Crippen LogP contribution in [0.3, 0.4) is 0 Å². The van der Waals surface area contributed by atoms with E-state index in [1.54, 1.807) is 14.0 Å². The highest BCUT2D eigenvalue weighted by Gasteiger charge is 2.24. The molecule has 5 heteroatoms. The zero-order valence-electron chi connectivity index (χ0n) is 10.3. The van der Waals surface area contributed by atoms with E-state index < -0.39 is 10.0 Å². The van der Waals surface area contributed by atoms with Crippen molar-refractivity contribution in [2.75, 3.05) is 26.7 Å². The molecule has 0 saturated carbocycles. The van der Waals surface area contributed by atoms with E-state index in [2.05, 4.69) is 12.2 Å². The SMILES string of the molecule is CCCCN(C)S(=O)(=O)C(C)CNCC. The van der Waals surface area contributed by atoms with Gasteiger partial charge in [0.25, 0.3) is 0 Å². The lowest BCUT2D eigenvalue weighted by Crippen LogP contribution is -2.40. The van der Waals surface area contributed by atoms with Crippen LogP contribution in [0.1, 0.15) is 33.6 Å². The summed E-state index contributed by atoms with van der Waals surface area (Å²) >= 11 is 0. The summed E-state index contributed by atoms with van der Waals surface area (Å²) in [6.07, 6.45) is 1.94. The molecule has 0 aliphatic heterocycles. The lowest BCUT2D eigenvalue weighted by atomic mass is 10.3. The molecule has 0 aromatic rings. The van der Waals surface area contributed by atoms with Crippen molar-refractivity contribution in [1.29, 1.82) is 0 Å². The van der Waals surface area contributed by atoms with Crippen LogP contribution in [-0.4, -0.2) is 44.7 Å². The highest BCUT2D eigenvalue weighted by atomic mass is 32.2. The molecule has 0 aliphatic rings. The molecule has 0 fully saturated rings. The van der Waals surface area contributed by atoms with Gasteiger partial charge in [-0.2, -0.15) is 0 Å². The molecule has 0 saturated heterocycles. The van der Waals surface area contributed by atoms with Gasteiger partial charge < -0.3 is 5.32 Å². The predicted molar refractivity (Wildman–Crippen MR) is 64.5 cm³/mol. The maximum absolute atomic E-state index is 11.9. The third-order valence-electron chi connectivity index (χ3n) is 2.45. The normalized spacial score (nSPS) is 14.5. The van der Waals surface area contributed by atoms with E-state index in [1.165, 1.54) is 4.31 Å². The van der Waals surface area contributed by atoms with Crippen LogP contribution < -0.4 is 5.32 Å². The molecule has 0 aromatic heterocycles. The molecule has 15 heavy (non-hydrogen) atoms. The van der Waals surface area contributed by atoms with Gasteiger partial charge in [0.05, 0.1) is 5.25 Å². The highest BCUT2D eigenvalue weighted by Crippen LogP contribution is 2.07. The Morgan fingerprint density at radius 2 is 1.93 bits per heavy atom. The number of hydrogen-bond donors (Lipinski definition) is 1. The van der Waals surface area contributed by atoms with Crippen LogP contribution in [0.2, 0.25) is 0 Å². The van der Waals surface area contributed by atoms with Gasteiger partial charge in [-0.05, 0) is 19.9 Å². The van der Waals surface area contributed by atoms with Crippen LogP contribution in [0.4, 0.5) is 0 Å². The number of unbranched alkanes of at least 4 members (excludes halogenated alkanes) is 1. The van der Waals surface area contributed by atoms with E-state index in [1.807, 2.05) is 6.92 Å². The number of rotatable bonds is 8. The van der Waals surface area contributed by atoms with Gasteiger partial charge in [-0.25, -0.2) is 12.7 Å². The molecule has 0 heterocycles. The van der Waals surface area contributed by atoms with Crippen LogP contribution in [0.25, 0.3) is 0 Å². The topological polar surface area (TPSA) is 49.4 Å². The molecule has 0 aliphatic carbocycles. The zero-order chi connectivity index (χ0) is 11.9. The minimum absolute atomic E-state index is 0.348. The molecule has 0 radical (unpaired) electrons. The largest absolute Gasteiger partial charge is 0.316 e. The molecule has 92 valence electrons. The number of sulfonamides is 1. The first-order valence-electron chi connectivity index (χ1n) is 5.62. The molecule has 0 bridgehead atoms. The maximum Gasteiger partial charge on any atom is 0.217 e. The van der Waals surface area contributed by atoms with Crippen molar-refractivity contribution >= 4 is 10.0 Å². The molecule has 0 rings (SSSR count). The molecule has 1 unspecified atom stereocenters. The average Bonchev–Trinajstić information content (AvgIpc) is 2.21. The quantitative estimate of drug-likeness (QED) is 0.685. The van der Waals surface area contributed by atoms with Crippen molar-refractivity contribution in [1.82, 2.24) is 9.62 Å². The maximum atomic E-state index is 11.9. The predicted octanol–water partition coefficient (Wildman–Crippen LogP) is 1.05. The first-order chi connectivity index (χ1) is 6.96. The Labute approximate surface area is 94.1 Å². The van der Waals surface area contributed by atoms with Crippen molar-refractivity contribution in [3.63, 3.8) is 0 Å². The fourth-order valence-corrected chi connectivity index (χ4v) is 2.59. The second kappa shape index (κ2) is 7.19. The summed E-state index contributed by atoms with van der Waals surface area (Å²) in [6, 6.07) is 0. The van der Waals surface area contributed by atoms with Gasteiger partial charge in [0.15, 0.2) is 0 Å². The Bertz CT molecular complexity index is 232. The lowest BCUT2D eigenvalue weighted by Gasteiger charge is -2.21. The summed E-state index contributed by atoms with van der Waals surface area (Å²) in [5, 5.41) is 2.71. The van der Waals surface area contributed by atoms with Gasteiger partial charge >= 0.3 is 0 Å². The third-order valence-corrected chi connectivity index (χ3v) is 4.69. The van der Waals surface area contributed by atoms with Crippen molar-refractivity contribution in [3.8, 4) is 0 Å². The smallest absolute Gasteiger partial charge is 0.217 e. The number of nitrogens with one attached hydrogen (secondary N) is 1. The van der Waals surface area contributed by atoms with Gasteiger partial charge in [-0.15, -0.1) is 0 Å². The highest BCUT2D eigenvalue weighted by molar-refractivity contribution is 7.89. The van der Waals surface area contributed by atoms with Crippen molar-refractivity contribution in [3.05, 3.63) is 0 Å². The molecule has 0 amide bonds. The second-order valence-corrected chi connectivity index (χ2v) is 6.30. The van der Waals surface area contributed by atoms with Crippen molar-refractivity contribution in [2.45, 2.75) is 38.9 Å². The van der Waals surface area contributed by atoms with Gasteiger partial charge in [0.2, 0.25) is 10.0 Å². The van der Waals surface area contributed by atoms with Gasteiger partial charge in [-0.1, -0.05) is 20.3 Å². The first-order valence-corrected chi connectivity index (χ1v) is 7.13. The summed E-state index contributed by atoms with van der Waals surface area (Å²) in [5.74, 6) is 0. The molecule has 1 atom stereocenters. The molecular formula is C10H24N2O2S. The van der Waals surface area contributed by atoms with Crippen LogP contribution >= 0.6 is 0 Å². The molecule has 1 N–H and O–H groups in total. The fourth-order valence-electron chi connectivity index (χ4n) is 1.27. The summed E-state index contributed by atoms with van der Waals surface area (Å²) in [4.78, 5) is 0. The Morgan fingerprint density at radius 1 is 1.33 bits per heavy atom.